The number of benzene rings is 1. The molecule has 4 rings (SSSR count). The summed E-state index contributed by atoms with van der Waals surface area (Å²) in [6.45, 7) is 6.80. The minimum atomic E-state index is -0.941. The summed E-state index contributed by atoms with van der Waals surface area (Å²) in [4.78, 5) is 43.8. The summed E-state index contributed by atoms with van der Waals surface area (Å²) >= 11 is 6.57. The number of aliphatic carboxylic acids is 1. The van der Waals surface area contributed by atoms with Gasteiger partial charge in [0.2, 0.25) is 0 Å². The number of anilines is 2. The first kappa shape index (κ1) is 30.3. The van der Waals surface area contributed by atoms with Crippen LogP contribution in [0.25, 0.3) is 6.08 Å². The van der Waals surface area contributed by atoms with Crippen LogP contribution in [-0.4, -0.2) is 63.5 Å². The standard InChI is InChI=1S/C29H32FN5O4S2/c1-3-4-11-34-26(33-15-13-32(14-16-33)21-9-7-20(30)8-10-21)22(19(2)23(18-31)27(34)38)17-24-28(39)35(29(40)41-24)12-5-6-25(36)37/h7-10,17H,3-6,11-16H2,1-2H3,(H,36,37)/b24-17+. The first-order valence-electron chi connectivity index (χ1n) is 13.6. The molecule has 2 saturated heterocycles. The van der Waals surface area contributed by atoms with Crippen LogP contribution in [0.2, 0.25) is 0 Å². The van der Waals surface area contributed by atoms with Crippen molar-refractivity contribution in [2.24, 2.45) is 0 Å². The molecular formula is C29H32FN5O4S2. The number of aromatic nitrogens is 1. The molecule has 0 spiro atoms. The minimum Gasteiger partial charge on any atom is -0.481 e. The van der Waals surface area contributed by atoms with Gasteiger partial charge in [0.15, 0.2) is 0 Å². The van der Waals surface area contributed by atoms with Crippen LogP contribution in [0.4, 0.5) is 15.9 Å². The van der Waals surface area contributed by atoms with Crippen molar-refractivity contribution in [1.82, 2.24) is 9.47 Å². The molecule has 2 aromatic rings. The van der Waals surface area contributed by atoms with E-state index in [-0.39, 0.29) is 42.2 Å². The molecule has 9 nitrogen and oxygen atoms in total. The Balaban J connectivity index is 1.74. The largest absolute Gasteiger partial charge is 0.481 e. The Morgan fingerprint density at radius 3 is 2.39 bits per heavy atom. The third-order valence-corrected chi connectivity index (χ3v) is 8.65. The fourth-order valence-corrected chi connectivity index (χ4v) is 6.34. The number of carboxylic acids is 1. The number of thiocarbonyl (C=S) groups is 1. The average Bonchev–Trinajstić information content (AvgIpc) is 3.22. The number of nitriles is 1. The highest BCUT2D eigenvalue weighted by molar-refractivity contribution is 8.26. The lowest BCUT2D eigenvalue weighted by molar-refractivity contribution is -0.137. The third kappa shape index (κ3) is 6.63. The summed E-state index contributed by atoms with van der Waals surface area (Å²) in [5.41, 5.74) is 1.72. The maximum absolute atomic E-state index is 13.5. The highest BCUT2D eigenvalue weighted by Crippen LogP contribution is 2.36. The smallest absolute Gasteiger partial charge is 0.303 e. The Hall–Kier alpha value is -3.69. The molecule has 41 heavy (non-hydrogen) atoms. The molecule has 0 saturated carbocycles. The molecule has 0 radical (unpaired) electrons. The number of piperazine rings is 1. The Morgan fingerprint density at radius 2 is 1.78 bits per heavy atom. The quantitative estimate of drug-likeness (QED) is 0.316. The molecule has 3 heterocycles. The van der Waals surface area contributed by atoms with E-state index in [4.69, 9.17) is 17.3 Å². The van der Waals surface area contributed by atoms with Gasteiger partial charge in [-0.2, -0.15) is 5.26 Å². The molecule has 1 aromatic carbocycles. The molecule has 12 heteroatoms. The lowest BCUT2D eigenvalue weighted by Gasteiger charge is -2.39. The van der Waals surface area contributed by atoms with Crippen LogP contribution in [-0.2, 0) is 16.1 Å². The second kappa shape index (κ2) is 13.3. The van der Waals surface area contributed by atoms with Gasteiger partial charge in [0, 0.05) is 56.9 Å². The summed E-state index contributed by atoms with van der Waals surface area (Å²) < 4.78 is 15.5. The number of thioether (sulfide) groups is 1. The predicted molar refractivity (Wildman–Crippen MR) is 163 cm³/mol. The molecule has 1 aromatic heterocycles. The predicted octanol–water partition coefficient (Wildman–Crippen LogP) is 4.36. The normalized spacial score (nSPS) is 16.5. The topological polar surface area (TPSA) is 110 Å². The summed E-state index contributed by atoms with van der Waals surface area (Å²) in [7, 11) is 0. The number of halogens is 1. The van der Waals surface area contributed by atoms with Gasteiger partial charge in [-0.1, -0.05) is 37.3 Å². The molecule has 0 bridgehead atoms. The molecule has 2 aliphatic heterocycles. The summed E-state index contributed by atoms with van der Waals surface area (Å²) in [6, 6.07) is 8.44. The second-order valence-corrected chi connectivity index (χ2v) is 11.6. The molecule has 0 unspecified atom stereocenters. The molecule has 0 aliphatic carbocycles. The number of hydrogen-bond donors (Lipinski definition) is 1. The van der Waals surface area contributed by atoms with Crippen molar-refractivity contribution in [3.63, 3.8) is 0 Å². The van der Waals surface area contributed by atoms with Crippen LogP contribution in [0.5, 0.6) is 0 Å². The Morgan fingerprint density at radius 1 is 1.12 bits per heavy atom. The first-order chi connectivity index (χ1) is 19.7. The fraction of sp³-hybridized carbons (Fsp3) is 0.414. The average molecular weight is 598 g/mol. The van der Waals surface area contributed by atoms with E-state index in [1.54, 1.807) is 29.7 Å². The van der Waals surface area contributed by atoms with E-state index in [2.05, 4.69) is 15.9 Å². The SMILES string of the molecule is CCCCn1c(N2CCN(c3ccc(F)cc3)CC2)c(/C=C2/SC(=S)N(CCCC(=O)O)C2=O)c(C)c(C#N)c1=O. The molecule has 216 valence electrons. The number of rotatable bonds is 10. The summed E-state index contributed by atoms with van der Waals surface area (Å²) in [5.74, 6) is -0.891. The van der Waals surface area contributed by atoms with Crippen LogP contribution >= 0.6 is 24.0 Å². The number of amides is 1. The lowest BCUT2D eigenvalue weighted by atomic mass is 10.0. The van der Waals surface area contributed by atoms with E-state index in [9.17, 15) is 24.0 Å². The van der Waals surface area contributed by atoms with Crippen molar-refractivity contribution in [3.05, 3.63) is 62.0 Å². The molecule has 1 N–H and O–H groups in total. The maximum Gasteiger partial charge on any atom is 0.303 e. The van der Waals surface area contributed by atoms with Crippen LogP contribution in [0.1, 0.15) is 49.3 Å². The monoisotopic (exact) mass is 597 g/mol. The van der Waals surface area contributed by atoms with Gasteiger partial charge in [-0.25, -0.2) is 4.39 Å². The molecular weight excluding hydrogens is 565 g/mol. The van der Waals surface area contributed by atoms with E-state index in [1.165, 1.54) is 17.0 Å². The number of unbranched alkanes of at least 4 members (excludes halogenated alkanes) is 1. The van der Waals surface area contributed by atoms with Crippen LogP contribution in [0, 0.1) is 24.1 Å². The number of carboxylic acid groups (broad SMARTS) is 1. The van der Waals surface area contributed by atoms with Crippen molar-refractivity contribution < 1.29 is 19.1 Å². The zero-order chi connectivity index (χ0) is 29.7. The van der Waals surface area contributed by atoms with E-state index in [1.807, 2.05) is 6.92 Å². The van der Waals surface area contributed by atoms with Crippen molar-refractivity contribution >= 4 is 57.8 Å². The highest BCUT2D eigenvalue weighted by Gasteiger charge is 2.33. The van der Waals surface area contributed by atoms with Gasteiger partial charge in [0.05, 0.1) is 4.91 Å². The third-order valence-electron chi connectivity index (χ3n) is 7.27. The van der Waals surface area contributed by atoms with Crippen LogP contribution in [0.3, 0.4) is 0 Å². The van der Waals surface area contributed by atoms with Crippen LogP contribution < -0.4 is 15.4 Å². The van der Waals surface area contributed by atoms with Crippen molar-refractivity contribution in [2.45, 2.75) is 46.1 Å². The van der Waals surface area contributed by atoms with E-state index in [0.29, 0.717) is 58.9 Å². The number of carbonyl (C=O) groups excluding carboxylic acids is 1. The van der Waals surface area contributed by atoms with Gasteiger partial charge < -0.3 is 14.9 Å². The number of pyridine rings is 1. The van der Waals surface area contributed by atoms with Crippen molar-refractivity contribution in [2.75, 3.05) is 42.5 Å². The number of hydrogen-bond acceptors (Lipinski definition) is 8. The van der Waals surface area contributed by atoms with E-state index < -0.39 is 5.97 Å². The number of nitrogens with zero attached hydrogens (tertiary/aromatic N) is 5. The fourth-order valence-electron chi connectivity index (χ4n) is 5.05. The second-order valence-electron chi connectivity index (χ2n) is 9.94. The zero-order valence-electron chi connectivity index (χ0n) is 23.1. The maximum atomic E-state index is 13.5. The molecule has 2 aliphatic rings. The first-order valence-corrected chi connectivity index (χ1v) is 14.8. The Labute approximate surface area is 247 Å². The zero-order valence-corrected chi connectivity index (χ0v) is 24.7. The van der Waals surface area contributed by atoms with Gasteiger partial charge in [-0.3, -0.25) is 23.9 Å². The minimum absolute atomic E-state index is 0.0398. The molecule has 2 fully saturated rings. The van der Waals surface area contributed by atoms with Gasteiger partial charge in [-0.05, 0) is 55.7 Å². The Kier molecular flexibility index (Phi) is 9.83. The van der Waals surface area contributed by atoms with E-state index in [0.717, 1.165) is 30.3 Å². The number of carbonyl (C=O) groups is 2. The lowest BCUT2D eigenvalue weighted by Crippen LogP contribution is -2.48. The van der Waals surface area contributed by atoms with Gasteiger partial charge in [0.25, 0.3) is 11.5 Å². The highest BCUT2D eigenvalue weighted by atomic mass is 32.2. The van der Waals surface area contributed by atoms with Crippen molar-refractivity contribution in [3.8, 4) is 6.07 Å². The van der Waals surface area contributed by atoms with E-state index >= 15 is 0 Å². The van der Waals surface area contributed by atoms with Gasteiger partial charge in [-0.15, -0.1) is 0 Å². The van der Waals surface area contributed by atoms with Crippen LogP contribution in [0.15, 0.2) is 34.0 Å². The molecule has 0 atom stereocenters. The van der Waals surface area contributed by atoms with Gasteiger partial charge in [0.1, 0.15) is 27.6 Å². The summed E-state index contributed by atoms with van der Waals surface area (Å²) in [6.07, 6.45) is 3.51. The molecule has 1 amide bonds. The van der Waals surface area contributed by atoms with Gasteiger partial charge >= 0.3 is 5.97 Å². The Bertz CT molecular complexity index is 1470. The summed E-state index contributed by atoms with van der Waals surface area (Å²) in [5, 5.41) is 18.9. The van der Waals surface area contributed by atoms with Crippen molar-refractivity contribution in [1.29, 1.82) is 5.26 Å².